The van der Waals surface area contributed by atoms with Gasteiger partial charge in [-0.05, 0) is 59.7 Å². The highest BCUT2D eigenvalue weighted by atomic mass is 16.7. The van der Waals surface area contributed by atoms with Crippen LogP contribution in [-0.4, -0.2) is 71.8 Å². The number of para-hydroxylation sites is 1. The van der Waals surface area contributed by atoms with E-state index < -0.39 is 23.9 Å². The number of nitrogens with one attached hydrogen (secondary N) is 2. The van der Waals surface area contributed by atoms with E-state index in [1.54, 1.807) is 6.92 Å². The second kappa shape index (κ2) is 16.5. The van der Waals surface area contributed by atoms with Gasteiger partial charge in [-0.15, -0.1) is 0 Å². The number of aliphatic hydroxyl groups is 1. The smallest absolute Gasteiger partial charge is 0.303 e. The molecule has 54 heavy (non-hydrogen) atoms. The van der Waals surface area contributed by atoms with Crippen LogP contribution in [0, 0.1) is 0 Å². The van der Waals surface area contributed by atoms with Crippen LogP contribution in [-0.2, 0) is 41.7 Å². The zero-order chi connectivity index (χ0) is 37.7. The standard InChI is InChI=1S/C43H48N4O7/c1-29(52-30(2)49)40(50)44-25-35-8-6-7-11-38(35)32-16-18-34(19-17-32)41-53-37(24-39(54-41)33-14-12-31(27-48)13-15-33)26-46-22-20-43(21-23-46)42(51)45-28-47(43)36-9-4-3-5-10-36/h3-19,29,37,39,41,48H,20-28H2,1-2H3,(H,44,50)(H,45,51). The predicted octanol–water partition coefficient (Wildman–Crippen LogP) is 5.39. The molecule has 0 saturated carbocycles. The largest absolute Gasteiger partial charge is 0.453 e. The number of amides is 2. The average molecular weight is 733 g/mol. The molecule has 11 heteroatoms. The van der Waals surface area contributed by atoms with Gasteiger partial charge >= 0.3 is 5.97 Å². The van der Waals surface area contributed by atoms with Crippen LogP contribution in [0.15, 0.2) is 103 Å². The van der Waals surface area contributed by atoms with Crippen LogP contribution in [0.2, 0.25) is 0 Å². The molecule has 3 saturated heterocycles. The number of aliphatic hydroxyl groups excluding tert-OH is 1. The number of carbonyl (C=O) groups is 3. The number of benzene rings is 4. The molecule has 0 bridgehead atoms. The summed E-state index contributed by atoms with van der Waals surface area (Å²) in [5, 5.41) is 15.6. The van der Waals surface area contributed by atoms with E-state index in [-0.39, 0.29) is 37.2 Å². The highest BCUT2D eigenvalue weighted by Crippen LogP contribution is 2.40. The van der Waals surface area contributed by atoms with Gasteiger partial charge < -0.3 is 39.8 Å². The Balaban J connectivity index is 1.05. The number of nitrogens with zero attached hydrogens (tertiary/aromatic N) is 2. The number of anilines is 1. The number of esters is 1. The van der Waals surface area contributed by atoms with Gasteiger partial charge in [0.15, 0.2) is 12.4 Å². The second-order valence-corrected chi connectivity index (χ2v) is 14.4. The Morgan fingerprint density at radius 2 is 1.61 bits per heavy atom. The molecule has 0 aromatic heterocycles. The van der Waals surface area contributed by atoms with Crippen molar-refractivity contribution in [2.24, 2.45) is 0 Å². The molecule has 3 N–H and O–H groups in total. The highest BCUT2D eigenvalue weighted by molar-refractivity contribution is 5.93. The van der Waals surface area contributed by atoms with E-state index in [9.17, 15) is 19.5 Å². The molecule has 4 unspecified atom stereocenters. The number of carbonyl (C=O) groups excluding carboxylic acids is 3. The van der Waals surface area contributed by atoms with Crippen LogP contribution in [0.25, 0.3) is 11.1 Å². The second-order valence-electron chi connectivity index (χ2n) is 14.4. The lowest BCUT2D eigenvalue weighted by Gasteiger charge is -2.45. The van der Waals surface area contributed by atoms with Crippen LogP contribution in [0.1, 0.15) is 67.8 Å². The third-order valence-electron chi connectivity index (χ3n) is 10.8. The van der Waals surface area contributed by atoms with Gasteiger partial charge in [0.2, 0.25) is 5.91 Å². The molecular formula is C43H48N4O7. The molecule has 2 amide bonds. The van der Waals surface area contributed by atoms with E-state index in [2.05, 4.69) is 32.6 Å². The van der Waals surface area contributed by atoms with Crippen molar-refractivity contribution in [2.75, 3.05) is 31.2 Å². The third kappa shape index (κ3) is 8.19. The third-order valence-corrected chi connectivity index (χ3v) is 10.8. The van der Waals surface area contributed by atoms with Crippen LogP contribution < -0.4 is 15.5 Å². The van der Waals surface area contributed by atoms with Crippen molar-refractivity contribution < 1.29 is 33.7 Å². The predicted molar refractivity (Wildman–Crippen MR) is 204 cm³/mol. The quantitative estimate of drug-likeness (QED) is 0.174. The van der Waals surface area contributed by atoms with E-state index in [4.69, 9.17) is 14.2 Å². The van der Waals surface area contributed by atoms with Gasteiger partial charge in [0.25, 0.3) is 5.91 Å². The Labute approximate surface area is 316 Å². The van der Waals surface area contributed by atoms with Crippen LogP contribution in [0.4, 0.5) is 5.69 Å². The molecule has 0 radical (unpaired) electrons. The summed E-state index contributed by atoms with van der Waals surface area (Å²) in [5.74, 6) is -0.764. The summed E-state index contributed by atoms with van der Waals surface area (Å²) in [6.07, 6.45) is 0.291. The van der Waals surface area contributed by atoms with E-state index >= 15 is 0 Å². The Kier molecular flexibility index (Phi) is 11.4. The molecule has 1 spiro atoms. The lowest BCUT2D eigenvalue weighted by Crippen LogP contribution is -2.57. The van der Waals surface area contributed by atoms with Gasteiger partial charge in [-0.2, -0.15) is 0 Å². The van der Waals surface area contributed by atoms with Crippen molar-refractivity contribution in [3.05, 3.63) is 125 Å². The van der Waals surface area contributed by atoms with E-state index in [0.29, 0.717) is 19.6 Å². The minimum atomic E-state index is -0.880. The van der Waals surface area contributed by atoms with Crippen molar-refractivity contribution in [2.45, 2.75) is 76.4 Å². The molecule has 3 fully saturated rings. The first-order valence-electron chi connectivity index (χ1n) is 18.7. The topological polar surface area (TPSA) is 130 Å². The summed E-state index contributed by atoms with van der Waals surface area (Å²) in [7, 11) is 0. The highest BCUT2D eigenvalue weighted by Gasteiger charge is 2.50. The van der Waals surface area contributed by atoms with Crippen LogP contribution >= 0.6 is 0 Å². The van der Waals surface area contributed by atoms with Crippen molar-refractivity contribution in [3.8, 4) is 11.1 Å². The normalized spacial score (nSPS) is 21.7. The molecule has 3 heterocycles. The van der Waals surface area contributed by atoms with Gasteiger partial charge in [-0.1, -0.05) is 91.0 Å². The molecule has 3 aliphatic rings. The van der Waals surface area contributed by atoms with Crippen molar-refractivity contribution in [3.63, 3.8) is 0 Å². The van der Waals surface area contributed by atoms with E-state index in [0.717, 1.165) is 65.0 Å². The van der Waals surface area contributed by atoms with Crippen LogP contribution in [0.5, 0.6) is 0 Å². The van der Waals surface area contributed by atoms with Gasteiger partial charge in [0.05, 0.1) is 25.5 Å². The number of rotatable bonds is 11. The molecule has 282 valence electrons. The summed E-state index contributed by atoms with van der Waals surface area (Å²) < 4.78 is 18.4. The molecule has 0 aliphatic carbocycles. The minimum Gasteiger partial charge on any atom is -0.453 e. The maximum absolute atomic E-state index is 13.3. The zero-order valence-electron chi connectivity index (χ0n) is 30.8. The molecule has 4 atom stereocenters. The zero-order valence-corrected chi connectivity index (χ0v) is 30.8. The average Bonchev–Trinajstić information content (AvgIpc) is 3.52. The molecular weight excluding hydrogens is 684 g/mol. The van der Waals surface area contributed by atoms with E-state index in [1.807, 2.05) is 91.0 Å². The summed E-state index contributed by atoms with van der Waals surface area (Å²) >= 11 is 0. The fourth-order valence-electron chi connectivity index (χ4n) is 7.86. The molecule has 4 aromatic rings. The lowest BCUT2D eigenvalue weighted by atomic mass is 9.85. The number of hydrogen-bond acceptors (Lipinski definition) is 9. The Hall–Kier alpha value is -5.07. The number of likely N-dealkylation sites (tertiary alicyclic amines) is 1. The van der Waals surface area contributed by atoms with Gasteiger partial charge in [-0.3, -0.25) is 14.4 Å². The molecule has 3 aliphatic heterocycles. The SMILES string of the molecule is CC(=O)OC(C)C(=O)NCc1ccccc1-c1ccc(C2OC(CN3CCC4(CC3)C(=O)NCN4c3ccccc3)CC(c3ccc(CO)cc3)O2)cc1. The first-order valence-corrected chi connectivity index (χ1v) is 18.7. The Bertz CT molecular complexity index is 1910. The van der Waals surface area contributed by atoms with Crippen molar-refractivity contribution in [1.29, 1.82) is 0 Å². The fourth-order valence-corrected chi connectivity index (χ4v) is 7.86. The van der Waals surface area contributed by atoms with Crippen molar-refractivity contribution >= 4 is 23.5 Å². The molecule has 7 rings (SSSR count). The fraction of sp³-hybridized carbons (Fsp3) is 0.372. The first-order chi connectivity index (χ1) is 26.2. The van der Waals surface area contributed by atoms with Crippen LogP contribution in [0.3, 0.4) is 0 Å². The van der Waals surface area contributed by atoms with Gasteiger partial charge in [-0.25, -0.2) is 0 Å². The summed E-state index contributed by atoms with van der Waals surface area (Å²) in [4.78, 5) is 41.7. The summed E-state index contributed by atoms with van der Waals surface area (Å²) in [6, 6.07) is 34.0. The van der Waals surface area contributed by atoms with Crippen molar-refractivity contribution in [1.82, 2.24) is 15.5 Å². The first kappa shape index (κ1) is 37.3. The summed E-state index contributed by atoms with van der Waals surface area (Å²) in [5.41, 5.74) is 6.14. The number of ether oxygens (including phenoxy) is 3. The van der Waals surface area contributed by atoms with Gasteiger partial charge in [0.1, 0.15) is 5.54 Å². The molecule has 11 nitrogen and oxygen atoms in total. The Morgan fingerprint density at radius 3 is 2.31 bits per heavy atom. The maximum Gasteiger partial charge on any atom is 0.303 e. The lowest BCUT2D eigenvalue weighted by molar-refractivity contribution is -0.253. The number of hydrogen-bond donors (Lipinski definition) is 3. The maximum atomic E-state index is 13.3. The minimum absolute atomic E-state index is 0.0222. The van der Waals surface area contributed by atoms with E-state index in [1.165, 1.54) is 6.92 Å². The Morgan fingerprint density at radius 1 is 0.926 bits per heavy atom. The molecule has 4 aromatic carbocycles. The summed E-state index contributed by atoms with van der Waals surface area (Å²) in [6.45, 7) is 5.86. The number of piperidine rings is 1. The van der Waals surface area contributed by atoms with Gasteiger partial charge in [0, 0.05) is 50.8 Å². The monoisotopic (exact) mass is 732 g/mol.